The summed E-state index contributed by atoms with van der Waals surface area (Å²) in [6.07, 6.45) is 10.7. The van der Waals surface area contributed by atoms with E-state index in [1.807, 2.05) is 0 Å². The zero-order chi connectivity index (χ0) is 13.2. The zero-order valence-corrected chi connectivity index (χ0v) is 11.7. The Bertz CT molecular complexity index is 247. The van der Waals surface area contributed by atoms with Gasteiger partial charge in [0.15, 0.2) is 0 Å². The molecule has 0 aliphatic carbocycles. The number of hydrogen-bond acceptors (Lipinski definition) is 3. The molecule has 1 heterocycles. The summed E-state index contributed by atoms with van der Waals surface area (Å²) in [7, 11) is 0. The number of terminal acetylenes is 1. The molecule has 1 aliphatic heterocycles. The van der Waals surface area contributed by atoms with Gasteiger partial charge >= 0.3 is 0 Å². The standard InChI is InChI=1S/C15H26O3/c1-4-7-9-16-12-15-14(17-10-8-5-2)11-13(6-3)18-15/h3,13-15H,4-5,7-12H2,1-2H3/t13?,14-,15-/m1/s1. The molecule has 0 saturated carbocycles. The maximum Gasteiger partial charge on any atom is 0.121 e. The van der Waals surface area contributed by atoms with Crippen LogP contribution in [0.2, 0.25) is 0 Å². The van der Waals surface area contributed by atoms with Gasteiger partial charge in [0.2, 0.25) is 0 Å². The molecule has 0 amide bonds. The molecule has 0 radical (unpaired) electrons. The van der Waals surface area contributed by atoms with Crippen molar-refractivity contribution in [2.45, 2.75) is 64.3 Å². The highest BCUT2D eigenvalue weighted by atomic mass is 16.6. The number of rotatable bonds is 9. The van der Waals surface area contributed by atoms with Crippen molar-refractivity contribution in [3.63, 3.8) is 0 Å². The van der Waals surface area contributed by atoms with Gasteiger partial charge < -0.3 is 14.2 Å². The molecule has 0 spiro atoms. The molecule has 1 rings (SSSR count). The van der Waals surface area contributed by atoms with Crippen molar-refractivity contribution in [1.82, 2.24) is 0 Å². The van der Waals surface area contributed by atoms with E-state index in [-0.39, 0.29) is 18.3 Å². The van der Waals surface area contributed by atoms with Gasteiger partial charge in [-0.25, -0.2) is 0 Å². The first-order valence-electron chi connectivity index (χ1n) is 7.12. The van der Waals surface area contributed by atoms with Crippen LogP contribution in [0.5, 0.6) is 0 Å². The van der Waals surface area contributed by atoms with Crippen LogP contribution in [0.4, 0.5) is 0 Å². The third kappa shape index (κ3) is 5.39. The summed E-state index contributed by atoms with van der Waals surface area (Å²) >= 11 is 0. The van der Waals surface area contributed by atoms with Gasteiger partial charge in [-0.3, -0.25) is 0 Å². The van der Waals surface area contributed by atoms with E-state index in [2.05, 4.69) is 19.8 Å². The predicted molar refractivity (Wildman–Crippen MR) is 72.5 cm³/mol. The van der Waals surface area contributed by atoms with E-state index in [4.69, 9.17) is 20.6 Å². The molecule has 1 saturated heterocycles. The fraction of sp³-hybridized carbons (Fsp3) is 0.867. The Hall–Kier alpha value is -0.560. The normalized spacial score (nSPS) is 27.3. The first kappa shape index (κ1) is 15.5. The molecule has 1 unspecified atom stereocenters. The Kier molecular flexibility index (Phi) is 8.08. The van der Waals surface area contributed by atoms with E-state index < -0.39 is 0 Å². The van der Waals surface area contributed by atoms with Crippen LogP contribution in [0.3, 0.4) is 0 Å². The highest BCUT2D eigenvalue weighted by Gasteiger charge is 2.35. The molecular weight excluding hydrogens is 228 g/mol. The third-order valence-corrected chi connectivity index (χ3v) is 3.14. The van der Waals surface area contributed by atoms with E-state index in [1.54, 1.807) is 0 Å². The van der Waals surface area contributed by atoms with Crippen molar-refractivity contribution in [2.75, 3.05) is 19.8 Å². The van der Waals surface area contributed by atoms with Crippen LogP contribution < -0.4 is 0 Å². The molecule has 104 valence electrons. The predicted octanol–water partition coefficient (Wildman–Crippen LogP) is 2.78. The molecule has 3 heteroatoms. The second-order valence-electron chi connectivity index (χ2n) is 4.76. The van der Waals surface area contributed by atoms with Crippen molar-refractivity contribution in [3.8, 4) is 12.3 Å². The molecule has 1 aliphatic rings. The lowest BCUT2D eigenvalue weighted by atomic mass is 10.1. The van der Waals surface area contributed by atoms with Gasteiger partial charge in [-0.05, 0) is 12.8 Å². The van der Waals surface area contributed by atoms with Crippen LogP contribution in [0, 0.1) is 12.3 Å². The van der Waals surface area contributed by atoms with Crippen LogP contribution in [0.25, 0.3) is 0 Å². The van der Waals surface area contributed by atoms with E-state index >= 15 is 0 Å². The summed E-state index contributed by atoms with van der Waals surface area (Å²) in [5, 5.41) is 0. The second-order valence-corrected chi connectivity index (χ2v) is 4.76. The fourth-order valence-corrected chi connectivity index (χ4v) is 1.97. The zero-order valence-electron chi connectivity index (χ0n) is 11.7. The van der Waals surface area contributed by atoms with E-state index in [9.17, 15) is 0 Å². The van der Waals surface area contributed by atoms with E-state index in [1.165, 1.54) is 0 Å². The lowest BCUT2D eigenvalue weighted by molar-refractivity contribution is -0.0580. The van der Waals surface area contributed by atoms with Crippen molar-refractivity contribution >= 4 is 0 Å². The van der Waals surface area contributed by atoms with Crippen molar-refractivity contribution < 1.29 is 14.2 Å². The van der Waals surface area contributed by atoms with Crippen LogP contribution in [-0.2, 0) is 14.2 Å². The minimum Gasteiger partial charge on any atom is -0.379 e. The van der Waals surface area contributed by atoms with Crippen molar-refractivity contribution in [1.29, 1.82) is 0 Å². The van der Waals surface area contributed by atoms with Crippen molar-refractivity contribution in [3.05, 3.63) is 0 Å². The fourth-order valence-electron chi connectivity index (χ4n) is 1.97. The monoisotopic (exact) mass is 254 g/mol. The Morgan fingerprint density at radius 1 is 1.22 bits per heavy atom. The number of unbranched alkanes of at least 4 members (excludes halogenated alkanes) is 2. The summed E-state index contributed by atoms with van der Waals surface area (Å²) in [6.45, 7) is 6.48. The van der Waals surface area contributed by atoms with Crippen LogP contribution in [0.1, 0.15) is 46.0 Å². The molecule has 0 N–H and O–H groups in total. The van der Waals surface area contributed by atoms with Gasteiger partial charge in [-0.2, -0.15) is 0 Å². The summed E-state index contributed by atoms with van der Waals surface area (Å²) in [5.41, 5.74) is 0. The number of hydrogen-bond donors (Lipinski definition) is 0. The molecule has 3 nitrogen and oxygen atoms in total. The lowest BCUT2D eigenvalue weighted by Crippen LogP contribution is -2.29. The average molecular weight is 254 g/mol. The third-order valence-electron chi connectivity index (χ3n) is 3.14. The SMILES string of the molecule is C#CC1C[C@@H](OCCCC)[C@@H](COCCCC)O1. The quantitative estimate of drug-likeness (QED) is 0.468. The average Bonchev–Trinajstić information content (AvgIpc) is 2.78. The molecule has 0 aromatic rings. The molecule has 0 bridgehead atoms. The molecule has 1 fully saturated rings. The highest BCUT2D eigenvalue weighted by molar-refractivity contribution is 5.01. The smallest absolute Gasteiger partial charge is 0.121 e. The highest BCUT2D eigenvalue weighted by Crippen LogP contribution is 2.23. The van der Waals surface area contributed by atoms with Gasteiger partial charge in [-0.1, -0.05) is 32.6 Å². The van der Waals surface area contributed by atoms with Crippen molar-refractivity contribution in [2.24, 2.45) is 0 Å². The second kappa shape index (κ2) is 9.38. The first-order valence-corrected chi connectivity index (χ1v) is 7.12. The maximum atomic E-state index is 5.84. The van der Waals surface area contributed by atoms with Gasteiger partial charge in [0.05, 0.1) is 12.7 Å². The Balaban J connectivity index is 2.29. The van der Waals surface area contributed by atoms with Gasteiger partial charge in [0.25, 0.3) is 0 Å². The van der Waals surface area contributed by atoms with Gasteiger partial charge in [-0.15, -0.1) is 6.42 Å². The number of ether oxygens (including phenoxy) is 3. The van der Waals surface area contributed by atoms with E-state index in [0.717, 1.165) is 45.3 Å². The molecule has 0 aromatic heterocycles. The Morgan fingerprint density at radius 3 is 2.61 bits per heavy atom. The first-order chi connectivity index (χ1) is 8.81. The van der Waals surface area contributed by atoms with Gasteiger partial charge in [0.1, 0.15) is 12.2 Å². The van der Waals surface area contributed by atoms with Crippen LogP contribution >= 0.6 is 0 Å². The lowest BCUT2D eigenvalue weighted by Gasteiger charge is -2.18. The summed E-state index contributed by atoms with van der Waals surface area (Å²) in [4.78, 5) is 0. The topological polar surface area (TPSA) is 27.7 Å². The maximum absolute atomic E-state index is 5.84. The van der Waals surface area contributed by atoms with Gasteiger partial charge in [0, 0.05) is 19.6 Å². The van der Waals surface area contributed by atoms with Crippen LogP contribution in [0.15, 0.2) is 0 Å². The minimum absolute atomic E-state index is 0.000220. The molecule has 0 aromatic carbocycles. The Morgan fingerprint density at radius 2 is 1.94 bits per heavy atom. The molecule has 3 atom stereocenters. The largest absolute Gasteiger partial charge is 0.379 e. The minimum atomic E-state index is -0.114. The molecule has 18 heavy (non-hydrogen) atoms. The summed E-state index contributed by atoms with van der Waals surface area (Å²) in [6, 6.07) is 0. The molecular formula is C15H26O3. The summed E-state index contributed by atoms with van der Waals surface area (Å²) < 4.78 is 17.2. The summed E-state index contributed by atoms with van der Waals surface area (Å²) in [5.74, 6) is 2.66. The van der Waals surface area contributed by atoms with Crippen LogP contribution in [-0.4, -0.2) is 38.1 Å². The van der Waals surface area contributed by atoms with E-state index in [0.29, 0.717) is 6.61 Å². The Labute approximate surface area is 111 Å².